The van der Waals surface area contributed by atoms with Crippen LogP contribution in [0, 0.1) is 6.92 Å². The van der Waals surface area contributed by atoms with Gasteiger partial charge in [0.2, 0.25) is 0 Å². The summed E-state index contributed by atoms with van der Waals surface area (Å²) in [6.45, 7) is 3.11. The molecule has 5 nitrogen and oxygen atoms in total. The molecule has 1 aliphatic rings. The van der Waals surface area contributed by atoms with Crippen molar-refractivity contribution in [2.45, 2.75) is 19.9 Å². The number of amides is 1. The van der Waals surface area contributed by atoms with Crippen molar-refractivity contribution in [2.24, 2.45) is 14.1 Å². The number of halogens is 1. The predicted molar refractivity (Wildman–Crippen MR) is 103 cm³/mol. The number of nitrogens with zero attached hydrogens (tertiary/aromatic N) is 3. The summed E-state index contributed by atoms with van der Waals surface area (Å²) < 4.78 is 3.42. The van der Waals surface area contributed by atoms with E-state index in [9.17, 15) is 9.59 Å². The zero-order valence-corrected chi connectivity index (χ0v) is 15.8. The molecule has 6 heteroatoms. The largest absolute Gasteiger partial charge is 0.349 e. The molecule has 26 heavy (non-hydrogen) atoms. The van der Waals surface area contributed by atoms with Gasteiger partial charge in [0, 0.05) is 44.6 Å². The van der Waals surface area contributed by atoms with Crippen LogP contribution in [-0.2, 0) is 27.1 Å². The molecule has 0 bridgehead atoms. The van der Waals surface area contributed by atoms with Gasteiger partial charge in [0.1, 0.15) is 0 Å². The summed E-state index contributed by atoms with van der Waals surface area (Å²) in [6, 6.07) is 5.80. The molecule has 0 spiro atoms. The van der Waals surface area contributed by atoms with E-state index in [1.165, 1.54) is 5.56 Å². The maximum absolute atomic E-state index is 13.2. The number of pyridine rings is 1. The Morgan fingerprint density at radius 2 is 1.88 bits per heavy atom. The summed E-state index contributed by atoms with van der Waals surface area (Å²) in [7, 11) is 3.59. The molecule has 0 saturated heterocycles. The van der Waals surface area contributed by atoms with E-state index in [-0.39, 0.29) is 11.5 Å². The first-order chi connectivity index (χ1) is 12.4. The fraction of sp³-hybridized carbons (Fsp3) is 0.300. The number of fused-ring (bicyclic) bond motifs is 2. The Bertz CT molecular complexity index is 1110. The van der Waals surface area contributed by atoms with Crippen LogP contribution in [0.4, 0.5) is 0 Å². The molecule has 3 heterocycles. The van der Waals surface area contributed by atoms with E-state index in [0.29, 0.717) is 24.0 Å². The first-order valence-electron chi connectivity index (χ1n) is 8.58. The molecule has 1 aliphatic heterocycles. The molecule has 134 valence electrons. The second-order valence-electron chi connectivity index (χ2n) is 7.00. The molecule has 0 fully saturated rings. The van der Waals surface area contributed by atoms with Crippen molar-refractivity contribution in [1.82, 2.24) is 14.0 Å². The van der Waals surface area contributed by atoms with Gasteiger partial charge in [-0.1, -0.05) is 17.7 Å². The number of carbonyl (C=O) groups is 1. The second-order valence-corrected chi connectivity index (χ2v) is 7.43. The van der Waals surface area contributed by atoms with Crippen LogP contribution >= 0.6 is 11.6 Å². The number of hydrogen-bond donors (Lipinski definition) is 0. The Balaban J connectivity index is 1.78. The van der Waals surface area contributed by atoms with Gasteiger partial charge >= 0.3 is 0 Å². The minimum Gasteiger partial charge on any atom is -0.349 e. The maximum Gasteiger partial charge on any atom is 0.260 e. The molecule has 0 atom stereocenters. The highest BCUT2D eigenvalue weighted by Gasteiger charge is 2.26. The molecule has 3 aromatic rings. The molecule has 0 radical (unpaired) electrons. The van der Waals surface area contributed by atoms with E-state index in [2.05, 4.69) is 0 Å². The normalized spacial score (nSPS) is 13.9. The van der Waals surface area contributed by atoms with E-state index in [0.717, 1.165) is 28.1 Å². The Morgan fingerprint density at radius 3 is 2.65 bits per heavy atom. The van der Waals surface area contributed by atoms with E-state index in [1.54, 1.807) is 24.0 Å². The molecule has 0 N–H and O–H groups in total. The predicted octanol–water partition coefficient (Wildman–Crippen LogP) is 3.04. The minimum absolute atomic E-state index is 0.0982. The van der Waals surface area contributed by atoms with Gasteiger partial charge in [-0.05, 0) is 42.2 Å². The molecule has 1 aromatic carbocycles. The molecule has 0 saturated carbocycles. The van der Waals surface area contributed by atoms with Crippen molar-refractivity contribution in [2.75, 3.05) is 6.54 Å². The summed E-state index contributed by atoms with van der Waals surface area (Å²) in [4.78, 5) is 27.7. The Kier molecular flexibility index (Phi) is 3.92. The van der Waals surface area contributed by atoms with Gasteiger partial charge < -0.3 is 14.0 Å². The number of aromatic nitrogens is 2. The van der Waals surface area contributed by atoms with Crippen molar-refractivity contribution in [3.8, 4) is 0 Å². The van der Waals surface area contributed by atoms with Crippen LogP contribution < -0.4 is 5.56 Å². The van der Waals surface area contributed by atoms with Crippen LogP contribution in [0.3, 0.4) is 0 Å². The number of hydrogen-bond acceptors (Lipinski definition) is 2. The number of aryl methyl sites for hydroxylation is 3. The molecule has 1 amide bonds. The molecule has 0 unspecified atom stereocenters. The van der Waals surface area contributed by atoms with E-state index >= 15 is 0 Å². The molecule has 4 rings (SSSR count). The highest BCUT2D eigenvalue weighted by Crippen LogP contribution is 2.26. The number of benzene rings is 1. The summed E-state index contributed by atoms with van der Waals surface area (Å²) in [6.07, 6.45) is 4.35. The van der Waals surface area contributed by atoms with Crippen LogP contribution in [0.5, 0.6) is 0 Å². The first kappa shape index (κ1) is 16.9. The standard InChI is InChI=1S/C20H20ClN3O2/c1-12-9-23(3)20(26)17-16(11-22(2)18(12)17)19(25)24-7-6-13-8-15(21)5-4-14(13)10-24/h4-5,8-9,11H,6-7,10H2,1-3H3. The summed E-state index contributed by atoms with van der Waals surface area (Å²) >= 11 is 6.07. The fourth-order valence-corrected chi connectivity index (χ4v) is 4.13. The van der Waals surface area contributed by atoms with E-state index in [1.807, 2.05) is 41.6 Å². The summed E-state index contributed by atoms with van der Waals surface area (Å²) in [5.41, 5.74) is 4.43. The molecular weight excluding hydrogens is 350 g/mol. The van der Waals surface area contributed by atoms with Crippen LogP contribution in [0.1, 0.15) is 27.0 Å². The zero-order valence-electron chi connectivity index (χ0n) is 15.0. The average molecular weight is 370 g/mol. The van der Waals surface area contributed by atoms with Gasteiger partial charge in [-0.25, -0.2) is 0 Å². The van der Waals surface area contributed by atoms with E-state index < -0.39 is 0 Å². The van der Waals surface area contributed by atoms with Gasteiger partial charge in [-0.2, -0.15) is 0 Å². The minimum atomic E-state index is -0.140. The summed E-state index contributed by atoms with van der Waals surface area (Å²) in [5, 5.41) is 1.22. The monoisotopic (exact) mass is 369 g/mol. The Labute approximate surface area is 156 Å². The smallest absolute Gasteiger partial charge is 0.260 e. The Hall–Kier alpha value is -2.53. The second kappa shape index (κ2) is 6.02. The summed E-state index contributed by atoms with van der Waals surface area (Å²) in [5.74, 6) is -0.0982. The van der Waals surface area contributed by atoms with Gasteiger partial charge in [-0.15, -0.1) is 0 Å². The van der Waals surface area contributed by atoms with Crippen LogP contribution in [0.15, 0.2) is 35.4 Å². The van der Waals surface area contributed by atoms with Crippen molar-refractivity contribution in [3.63, 3.8) is 0 Å². The lowest BCUT2D eigenvalue weighted by Gasteiger charge is -2.29. The van der Waals surface area contributed by atoms with Gasteiger partial charge in [0.25, 0.3) is 11.5 Å². The molecular formula is C20H20ClN3O2. The molecule has 0 aliphatic carbocycles. The lowest BCUT2D eigenvalue weighted by molar-refractivity contribution is 0.0736. The number of rotatable bonds is 1. The van der Waals surface area contributed by atoms with Crippen molar-refractivity contribution in [3.05, 3.63) is 68.2 Å². The quantitative estimate of drug-likeness (QED) is 0.662. The SMILES string of the molecule is Cc1cn(C)c(=O)c2c(C(=O)N3CCc4cc(Cl)ccc4C3)cn(C)c12. The van der Waals surface area contributed by atoms with Crippen LogP contribution in [0.25, 0.3) is 10.9 Å². The van der Waals surface area contributed by atoms with Crippen LogP contribution in [-0.4, -0.2) is 26.5 Å². The average Bonchev–Trinajstić information content (AvgIpc) is 2.96. The third kappa shape index (κ3) is 2.54. The lowest BCUT2D eigenvalue weighted by Crippen LogP contribution is -2.36. The third-order valence-corrected chi connectivity index (χ3v) is 5.41. The topological polar surface area (TPSA) is 47.2 Å². The fourth-order valence-electron chi connectivity index (χ4n) is 3.93. The van der Waals surface area contributed by atoms with Crippen molar-refractivity contribution < 1.29 is 4.79 Å². The van der Waals surface area contributed by atoms with Crippen molar-refractivity contribution >= 4 is 28.4 Å². The van der Waals surface area contributed by atoms with Gasteiger partial charge in [-0.3, -0.25) is 9.59 Å². The Morgan fingerprint density at radius 1 is 1.12 bits per heavy atom. The maximum atomic E-state index is 13.2. The highest BCUT2D eigenvalue weighted by molar-refractivity contribution is 6.30. The van der Waals surface area contributed by atoms with Crippen molar-refractivity contribution in [1.29, 1.82) is 0 Å². The lowest BCUT2D eigenvalue weighted by atomic mass is 9.99. The van der Waals surface area contributed by atoms with Crippen LogP contribution in [0.2, 0.25) is 5.02 Å². The zero-order chi connectivity index (χ0) is 18.6. The highest BCUT2D eigenvalue weighted by atomic mass is 35.5. The van der Waals surface area contributed by atoms with Gasteiger partial charge in [0.15, 0.2) is 0 Å². The third-order valence-electron chi connectivity index (χ3n) is 5.17. The first-order valence-corrected chi connectivity index (χ1v) is 8.96. The van der Waals surface area contributed by atoms with E-state index in [4.69, 9.17) is 11.6 Å². The molecule has 2 aromatic heterocycles. The van der Waals surface area contributed by atoms with Gasteiger partial charge in [0.05, 0.1) is 16.5 Å². The number of carbonyl (C=O) groups excluding carboxylic acids is 1.